The van der Waals surface area contributed by atoms with Crippen LogP contribution in [0.15, 0.2) is 30.5 Å². The molecular weight excluding hydrogens is 312 g/mol. The normalized spacial score (nSPS) is 18.2. The minimum atomic E-state index is -1.12. The van der Waals surface area contributed by atoms with Crippen LogP contribution in [0.5, 0.6) is 0 Å². The quantitative estimate of drug-likeness (QED) is 0.853. The van der Waals surface area contributed by atoms with E-state index >= 15 is 0 Å². The Balaban J connectivity index is 1.72. The number of hydrogen-bond donors (Lipinski definition) is 2. The van der Waals surface area contributed by atoms with E-state index in [-0.39, 0.29) is 11.7 Å². The predicted octanol–water partition coefficient (Wildman–Crippen LogP) is 1.20. The van der Waals surface area contributed by atoms with Gasteiger partial charge in [0.25, 0.3) is 0 Å². The fourth-order valence-corrected chi connectivity index (χ4v) is 3.13. The van der Waals surface area contributed by atoms with Gasteiger partial charge in [0.15, 0.2) is 17.3 Å². The molecule has 0 aromatic carbocycles. The molecule has 0 saturated carbocycles. The molecule has 9 heteroatoms. The topological polar surface area (TPSA) is 112 Å². The van der Waals surface area contributed by atoms with E-state index in [2.05, 4.69) is 25.4 Å². The monoisotopic (exact) mass is 326 g/mol. The smallest absolute Gasteiger partial charge is 0.354 e. The zero-order valence-corrected chi connectivity index (χ0v) is 12.6. The highest BCUT2D eigenvalue weighted by Gasteiger charge is 2.40. The molecule has 0 aliphatic carbocycles. The molecule has 24 heavy (non-hydrogen) atoms. The number of rotatable bonds is 2. The summed E-state index contributed by atoms with van der Waals surface area (Å²) in [4.78, 5) is 31.8. The van der Waals surface area contributed by atoms with Crippen LogP contribution in [0.2, 0.25) is 0 Å². The van der Waals surface area contributed by atoms with Crippen LogP contribution in [0, 0.1) is 0 Å². The molecule has 2 aliphatic rings. The molecule has 2 N–H and O–H groups in total. The van der Waals surface area contributed by atoms with Crippen molar-refractivity contribution >= 4 is 29.3 Å². The van der Waals surface area contributed by atoms with Gasteiger partial charge in [-0.15, -0.1) is 5.10 Å². The minimum absolute atomic E-state index is 0.0503. The number of aromatic carboxylic acids is 1. The Morgan fingerprint density at radius 2 is 2.17 bits per heavy atom. The van der Waals surface area contributed by atoms with Crippen molar-refractivity contribution in [3.63, 3.8) is 0 Å². The lowest BCUT2D eigenvalue weighted by Gasteiger charge is -2.35. The zero-order valence-electron chi connectivity index (χ0n) is 12.6. The summed E-state index contributed by atoms with van der Waals surface area (Å²) in [5, 5.41) is 19.4. The van der Waals surface area contributed by atoms with Crippen molar-refractivity contribution in [3.8, 4) is 0 Å². The summed E-state index contributed by atoms with van der Waals surface area (Å²) in [5.74, 6) is -0.427. The Hall–Kier alpha value is -3.23. The second-order valence-electron chi connectivity index (χ2n) is 5.64. The summed E-state index contributed by atoms with van der Waals surface area (Å²) in [5.41, 5.74) is 0.677. The van der Waals surface area contributed by atoms with E-state index in [0.29, 0.717) is 18.2 Å². The Bertz CT molecular complexity index is 812. The third-order valence-electron chi connectivity index (χ3n) is 4.20. The lowest BCUT2D eigenvalue weighted by atomic mass is 10.2. The van der Waals surface area contributed by atoms with Gasteiger partial charge in [0.2, 0.25) is 0 Å². The maximum absolute atomic E-state index is 12.7. The Kier molecular flexibility index (Phi) is 3.26. The number of anilines is 3. The van der Waals surface area contributed by atoms with Crippen LogP contribution >= 0.6 is 0 Å². The van der Waals surface area contributed by atoms with E-state index in [4.69, 9.17) is 0 Å². The number of aromatic nitrogens is 3. The number of amides is 2. The molecule has 2 amide bonds. The second kappa shape index (κ2) is 5.44. The highest BCUT2D eigenvalue weighted by molar-refractivity contribution is 6.04. The average molecular weight is 326 g/mol. The largest absolute Gasteiger partial charge is 0.477 e. The number of fused-ring (bicyclic) bond motifs is 4. The second-order valence-corrected chi connectivity index (χ2v) is 5.64. The Morgan fingerprint density at radius 1 is 1.29 bits per heavy atom. The first kappa shape index (κ1) is 14.4. The summed E-state index contributed by atoms with van der Waals surface area (Å²) >= 11 is 0. The molecule has 2 aromatic heterocycles. The highest BCUT2D eigenvalue weighted by atomic mass is 16.4. The summed E-state index contributed by atoms with van der Waals surface area (Å²) < 4.78 is 0. The molecule has 2 aliphatic heterocycles. The summed E-state index contributed by atoms with van der Waals surface area (Å²) in [6, 6.07) is 6.03. The molecule has 1 atom stereocenters. The number of hydrogen-bond acceptors (Lipinski definition) is 6. The van der Waals surface area contributed by atoms with Crippen LogP contribution in [-0.2, 0) is 0 Å². The molecule has 0 unspecified atom stereocenters. The van der Waals surface area contributed by atoms with Crippen molar-refractivity contribution < 1.29 is 14.7 Å². The zero-order chi connectivity index (χ0) is 16.7. The van der Waals surface area contributed by atoms with Crippen molar-refractivity contribution in [1.82, 2.24) is 15.2 Å². The first-order valence-electron chi connectivity index (χ1n) is 7.50. The summed E-state index contributed by atoms with van der Waals surface area (Å²) in [6.07, 6.45) is 2.31. The lowest BCUT2D eigenvalue weighted by molar-refractivity contribution is 0.0690. The van der Waals surface area contributed by atoms with Crippen molar-refractivity contribution in [3.05, 3.63) is 36.2 Å². The molecular formula is C15H14N6O3. The van der Waals surface area contributed by atoms with Crippen molar-refractivity contribution in [2.75, 3.05) is 28.2 Å². The van der Waals surface area contributed by atoms with Crippen LogP contribution < -0.4 is 15.1 Å². The maximum Gasteiger partial charge on any atom is 0.354 e. The molecule has 4 heterocycles. The van der Waals surface area contributed by atoms with Gasteiger partial charge in [0, 0.05) is 19.3 Å². The van der Waals surface area contributed by atoms with Crippen LogP contribution in [0.1, 0.15) is 16.9 Å². The van der Waals surface area contributed by atoms with E-state index in [1.165, 1.54) is 17.2 Å². The van der Waals surface area contributed by atoms with Gasteiger partial charge in [-0.1, -0.05) is 0 Å². The molecule has 0 radical (unpaired) electrons. The SMILES string of the molecule is O=C(O)c1ccc2c(n1)N(C(=O)Nc1cccnn1)[C@H]1CCN2C1. The van der Waals surface area contributed by atoms with Gasteiger partial charge in [-0.2, -0.15) is 5.10 Å². The Morgan fingerprint density at radius 3 is 2.92 bits per heavy atom. The standard InChI is InChI=1S/C15H14N6O3/c22-14(23)10-3-4-11-13(17-10)21(9-5-7-20(11)8-9)15(24)18-12-2-1-6-16-19-12/h1-4,6,9H,5,7-8H2,(H,22,23)(H,18,19,24)/t9-/m0/s1. The van der Waals surface area contributed by atoms with Gasteiger partial charge in [0.05, 0.1) is 11.7 Å². The van der Waals surface area contributed by atoms with E-state index in [1.54, 1.807) is 18.2 Å². The van der Waals surface area contributed by atoms with Crippen LogP contribution in [-0.4, -0.2) is 51.4 Å². The van der Waals surface area contributed by atoms with E-state index in [0.717, 1.165) is 18.7 Å². The van der Waals surface area contributed by atoms with Crippen LogP contribution in [0.3, 0.4) is 0 Å². The van der Waals surface area contributed by atoms with Crippen molar-refractivity contribution in [2.24, 2.45) is 0 Å². The molecule has 9 nitrogen and oxygen atoms in total. The van der Waals surface area contributed by atoms with Gasteiger partial charge in [0.1, 0.15) is 0 Å². The van der Waals surface area contributed by atoms with E-state index < -0.39 is 12.0 Å². The van der Waals surface area contributed by atoms with Crippen LogP contribution in [0.4, 0.5) is 22.1 Å². The lowest BCUT2D eigenvalue weighted by Crippen LogP contribution is -2.48. The molecule has 2 aromatic rings. The van der Waals surface area contributed by atoms with Gasteiger partial charge in [-0.3, -0.25) is 10.2 Å². The number of carbonyl (C=O) groups excluding carboxylic acids is 1. The molecule has 122 valence electrons. The number of carbonyl (C=O) groups is 2. The Labute approximate surface area is 136 Å². The predicted molar refractivity (Wildman–Crippen MR) is 85.3 cm³/mol. The fourth-order valence-electron chi connectivity index (χ4n) is 3.13. The third kappa shape index (κ3) is 2.30. The number of carboxylic acid groups (broad SMARTS) is 1. The van der Waals surface area contributed by atoms with Gasteiger partial charge in [-0.05, 0) is 30.7 Å². The molecule has 1 fully saturated rings. The molecule has 0 spiro atoms. The molecule has 2 bridgehead atoms. The van der Waals surface area contributed by atoms with Crippen molar-refractivity contribution in [1.29, 1.82) is 0 Å². The number of carboxylic acids is 1. The number of pyridine rings is 1. The first-order chi connectivity index (χ1) is 11.6. The number of nitrogens with zero attached hydrogens (tertiary/aromatic N) is 5. The average Bonchev–Trinajstić information content (AvgIpc) is 3.00. The maximum atomic E-state index is 12.7. The third-order valence-corrected chi connectivity index (χ3v) is 4.20. The first-order valence-corrected chi connectivity index (χ1v) is 7.50. The minimum Gasteiger partial charge on any atom is -0.477 e. The highest BCUT2D eigenvalue weighted by Crippen LogP contribution is 2.39. The fraction of sp³-hybridized carbons (Fsp3) is 0.267. The summed E-state index contributed by atoms with van der Waals surface area (Å²) in [6.45, 7) is 1.51. The van der Waals surface area contributed by atoms with Gasteiger partial charge in [-0.25, -0.2) is 14.6 Å². The van der Waals surface area contributed by atoms with Crippen molar-refractivity contribution in [2.45, 2.75) is 12.5 Å². The van der Waals surface area contributed by atoms with Gasteiger partial charge >= 0.3 is 12.0 Å². The van der Waals surface area contributed by atoms with Crippen LogP contribution in [0.25, 0.3) is 0 Å². The molecule has 1 saturated heterocycles. The number of urea groups is 1. The molecule has 4 rings (SSSR count). The van der Waals surface area contributed by atoms with E-state index in [1.807, 2.05) is 0 Å². The van der Waals surface area contributed by atoms with Gasteiger partial charge < -0.3 is 10.0 Å². The number of nitrogens with one attached hydrogen (secondary N) is 1. The van der Waals surface area contributed by atoms with E-state index in [9.17, 15) is 14.7 Å². The summed E-state index contributed by atoms with van der Waals surface area (Å²) in [7, 11) is 0.